The number of para-hydroxylation sites is 1. The van der Waals surface area contributed by atoms with Gasteiger partial charge in [0.05, 0.1) is 11.3 Å². The summed E-state index contributed by atoms with van der Waals surface area (Å²) in [5, 5.41) is 3.49. The van der Waals surface area contributed by atoms with Crippen molar-refractivity contribution in [1.82, 2.24) is 4.98 Å². The summed E-state index contributed by atoms with van der Waals surface area (Å²) in [6.45, 7) is 0.505. The second-order valence-electron chi connectivity index (χ2n) is 7.84. The van der Waals surface area contributed by atoms with Crippen LogP contribution < -0.4 is 10.1 Å². The number of halogens is 1. The summed E-state index contributed by atoms with van der Waals surface area (Å²) in [5.74, 6) is 0.915. The van der Waals surface area contributed by atoms with Crippen LogP contribution in [0, 0.1) is 0 Å². The van der Waals surface area contributed by atoms with Gasteiger partial charge in [0.2, 0.25) is 11.8 Å². The summed E-state index contributed by atoms with van der Waals surface area (Å²) >= 11 is 6.06. The summed E-state index contributed by atoms with van der Waals surface area (Å²) in [6.07, 6.45) is 3.24. The summed E-state index contributed by atoms with van der Waals surface area (Å²) < 4.78 is 11.7. The molecule has 1 amide bonds. The molecule has 0 saturated heterocycles. The second-order valence-corrected chi connectivity index (χ2v) is 8.28. The zero-order valence-corrected chi connectivity index (χ0v) is 19.4. The third-order valence-corrected chi connectivity index (χ3v) is 5.56. The van der Waals surface area contributed by atoms with Crippen molar-refractivity contribution in [3.05, 3.63) is 119 Å². The Hall–Kier alpha value is -4.35. The Morgan fingerprint density at radius 1 is 0.943 bits per heavy atom. The predicted molar refractivity (Wildman–Crippen MR) is 139 cm³/mol. The Labute approximate surface area is 207 Å². The maximum Gasteiger partial charge on any atom is 0.248 e. The normalized spacial score (nSPS) is 11.1. The number of aromatic nitrogens is 1. The van der Waals surface area contributed by atoms with Crippen molar-refractivity contribution in [2.24, 2.45) is 0 Å². The van der Waals surface area contributed by atoms with Crippen molar-refractivity contribution >= 4 is 40.4 Å². The van der Waals surface area contributed by atoms with Crippen LogP contribution in [0.4, 0.5) is 5.69 Å². The minimum Gasteiger partial charge on any atom is -0.489 e. The van der Waals surface area contributed by atoms with E-state index in [0.29, 0.717) is 39.9 Å². The fourth-order valence-corrected chi connectivity index (χ4v) is 3.72. The fraction of sp³-hybridized carbons (Fsp3) is 0.0345. The topological polar surface area (TPSA) is 64.4 Å². The molecule has 0 aliphatic heterocycles. The lowest BCUT2D eigenvalue weighted by molar-refractivity contribution is -0.111. The van der Waals surface area contributed by atoms with Gasteiger partial charge in [0.25, 0.3) is 0 Å². The summed E-state index contributed by atoms with van der Waals surface area (Å²) in [5.41, 5.74) is 4.56. The van der Waals surface area contributed by atoms with E-state index in [1.54, 1.807) is 24.3 Å². The Bertz CT molecular complexity index is 1490. The van der Waals surface area contributed by atoms with E-state index in [0.717, 1.165) is 16.9 Å². The lowest BCUT2D eigenvalue weighted by Gasteiger charge is -2.07. The lowest BCUT2D eigenvalue weighted by atomic mass is 10.1. The van der Waals surface area contributed by atoms with Crippen molar-refractivity contribution < 1.29 is 13.9 Å². The molecule has 35 heavy (non-hydrogen) atoms. The third-order valence-electron chi connectivity index (χ3n) is 5.32. The first-order chi connectivity index (χ1) is 17.1. The van der Waals surface area contributed by atoms with Crippen LogP contribution >= 0.6 is 11.6 Å². The molecule has 172 valence electrons. The molecule has 0 fully saturated rings. The molecule has 5 rings (SSSR count). The number of nitrogens with zero attached hydrogens (tertiary/aromatic N) is 1. The number of ether oxygens (including phenoxy) is 1. The van der Waals surface area contributed by atoms with E-state index in [-0.39, 0.29) is 5.91 Å². The molecule has 0 radical (unpaired) electrons. The highest BCUT2D eigenvalue weighted by Gasteiger charge is 2.13. The SMILES string of the molecule is O=C(C=Cc1ccc(OCc2ccccc2)cc1)Nc1ccccc1-c1nc2cc(Cl)ccc2o1. The van der Waals surface area contributed by atoms with E-state index in [9.17, 15) is 4.79 Å². The number of fused-ring (bicyclic) bond motifs is 1. The van der Waals surface area contributed by atoms with Crippen molar-refractivity contribution in [3.63, 3.8) is 0 Å². The number of benzene rings is 4. The number of anilines is 1. The van der Waals surface area contributed by atoms with Gasteiger partial charge in [0.1, 0.15) is 17.9 Å². The molecule has 1 N–H and O–H groups in total. The van der Waals surface area contributed by atoms with E-state index >= 15 is 0 Å². The van der Waals surface area contributed by atoms with E-state index in [1.807, 2.05) is 78.9 Å². The molecule has 4 aromatic carbocycles. The minimum atomic E-state index is -0.263. The quantitative estimate of drug-likeness (QED) is 0.247. The first-order valence-electron chi connectivity index (χ1n) is 11.1. The van der Waals surface area contributed by atoms with Crippen LogP contribution in [-0.4, -0.2) is 10.9 Å². The van der Waals surface area contributed by atoms with Crippen molar-refractivity contribution in [2.45, 2.75) is 6.61 Å². The molecule has 0 aliphatic carbocycles. The molecular weight excluding hydrogens is 460 g/mol. The van der Waals surface area contributed by atoms with Gasteiger partial charge in [-0.1, -0.05) is 66.2 Å². The van der Waals surface area contributed by atoms with E-state index in [4.69, 9.17) is 20.8 Å². The summed E-state index contributed by atoms with van der Waals surface area (Å²) in [6, 6.07) is 30.2. The van der Waals surface area contributed by atoms with Gasteiger partial charge in [-0.05, 0) is 59.7 Å². The number of oxazole rings is 1. The van der Waals surface area contributed by atoms with Gasteiger partial charge in [-0.25, -0.2) is 4.98 Å². The van der Waals surface area contributed by atoms with E-state index in [1.165, 1.54) is 6.08 Å². The van der Waals surface area contributed by atoms with Crippen LogP contribution in [0.15, 0.2) is 108 Å². The number of rotatable bonds is 7. The zero-order chi connectivity index (χ0) is 24.0. The predicted octanol–water partition coefficient (Wildman–Crippen LogP) is 7.38. The minimum absolute atomic E-state index is 0.263. The highest BCUT2D eigenvalue weighted by molar-refractivity contribution is 6.31. The van der Waals surface area contributed by atoms with Crippen LogP contribution in [0.3, 0.4) is 0 Å². The van der Waals surface area contributed by atoms with Gasteiger partial charge < -0.3 is 14.5 Å². The maximum absolute atomic E-state index is 12.6. The number of amides is 1. The first kappa shape index (κ1) is 22.4. The van der Waals surface area contributed by atoms with Crippen molar-refractivity contribution in [3.8, 4) is 17.2 Å². The van der Waals surface area contributed by atoms with Crippen molar-refractivity contribution in [2.75, 3.05) is 5.32 Å². The molecule has 0 bridgehead atoms. The number of nitrogens with one attached hydrogen (secondary N) is 1. The van der Waals surface area contributed by atoms with Crippen LogP contribution in [0.5, 0.6) is 5.75 Å². The van der Waals surface area contributed by atoms with E-state index in [2.05, 4.69) is 10.3 Å². The molecule has 1 aromatic heterocycles. The molecule has 0 spiro atoms. The molecule has 0 unspecified atom stereocenters. The Kier molecular flexibility index (Phi) is 6.59. The molecule has 1 heterocycles. The highest BCUT2D eigenvalue weighted by atomic mass is 35.5. The molecule has 0 atom stereocenters. The largest absolute Gasteiger partial charge is 0.489 e. The summed E-state index contributed by atoms with van der Waals surface area (Å²) in [7, 11) is 0. The molecular formula is C29H21ClN2O3. The van der Waals surface area contributed by atoms with Crippen LogP contribution in [0.1, 0.15) is 11.1 Å². The van der Waals surface area contributed by atoms with Crippen LogP contribution in [0.2, 0.25) is 5.02 Å². The molecule has 6 heteroatoms. The van der Waals surface area contributed by atoms with Gasteiger partial charge in [-0.15, -0.1) is 0 Å². The Morgan fingerprint density at radius 3 is 2.54 bits per heavy atom. The van der Waals surface area contributed by atoms with Gasteiger partial charge in [0.15, 0.2) is 5.58 Å². The maximum atomic E-state index is 12.6. The summed E-state index contributed by atoms with van der Waals surface area (Å²) in [4.78, 5) is 17.1. The number of hydrogen-bond donors (Lipinski definition) is 1. The highest BCUT2D eigenvalue weighted by Crippen LogP contribution is 2.31. The Morgan fingerprint density at radius 2 is 1.71 bits per heavy atom. The number of carbonyl (C=O) groups excluding carboxylic acids is 1. The van der Waals surface area contributed by atoms with Gasteiger partial charge in [0, 0.05) is 11.1 Å². The average molecular weight is 481 g/mol. The number of carbonyl (C=O) groups is 1. The van der Waals surface area contributed by atoms with Crippen molar-refractivity contribution in [1.29, 1.82) is 0 Å². The van der Waals surface area contributed by atoms with Gasteiger partial charge in [-0.2, -0.15) is 0 Å². The molecule has 5 nitrogen and oxygen atoms in total. The fourth-order valence-electron chi connectivity index (χ4n) is 3.56. The smallest absolute Gasteiger partial charge is 0.248 e. The van der Waals surface area contributed by atoms with Gasteiger partial charge in [-0.3, -0.25) is 4.79 Å². The Balaban J connectivity index is 1.24. The van der Waals surface area contributed by atoms with Gasteiger partial charge >= 0.3 is 0 Å². The monoisotopic (exact) mass is 480 g/mol. The lowest BCUT2D eigenvalue weighted by Crippen LogP contribution is -2.08. The van der Waals surface area contributed by atoms with E-state index < -0.39 is 0 Å². The average Bonchev–Trinajstić information content (AvgIpc) is 3.31. The standard InChI is InChI=1S/C29H21ClN2O3/c30-22-13-16-27-26(18-22)32-29(35-27)24-8-4-5-9-25(24)31-28(33)17-12-20-10-14-23(15-11-20)34-19-21-6-2-1-3-7-21/h1-18H,19H2,(H,31,33). The van der Waals surface area contributed by atoms with Crippen LogP contribution in [-0.2, 0) is 11.4 Å². The zero-order valence-electron chi connectivity index (χ0n) is 18.6. The van der Waals surface area contributed by atoms with Crippen LogP contribution in [0.25, 0.3) is 28.6 Å². The molecule has 5 aromatic rings. The second kappa shape index (κ2) is 10.3. The molecule has 0 aliphatic rings. The first-order valence-corrected chi connectivity index (χ1v) is 11.4. The number of hydrogen-bond acceptors (Lipinski definition) is 4. The third kappa shape index (κ3) is 5.60. The molecule has 0 saturated carbocycles.